The third kappa shape index (κ3) is 3.90. The highest BCUT2D eigenvalue weighted by Gasteiger charge is 2.04. The largest absolute Gasteiger partial charge is 0.306 e. The van der Waals surface area contributed by atoms with Gasteiger partial charge in [0, 0.05) is 12.6 Å². The number of rotatable bonds is 5. The third-order valence-electron chi connectivity index (χ3n) is 3.41. The Hall–Kier alpha value is -1.67. The molecular weight excluding hydrogens is 237 g/mol. The second kappa shape index (κ2) is 6.48. The van der Waals surface area contributed by atoms with Crippen LogP contribution in [0.4, 0.5) is 4.39 Å². The lowest BCUT2D eigenvalue weighted by atomic mass is 10.1. The Balaban J connectivity index is 1.92. The van der Waals surface area contributed by atoms with Crippen LogP contribution in [0.2, 0.25) is 0 Å². The predicted octanol–water partition coefficient (Wildman–Crippen LogP) is 4.24. The van der Waals surface area contributed by atoms with Crippen LogP contribution in [0.3, 0.4) is 0 Å². The molecule has 19 heavy (non-hydrogen) atoms. The van der Waals surface area contributed by atoms with Crippen molar-refractivity contribution < 1.29 is 4.39 Å². The van der Waals surface area contributed by atoms with Gasteiger partial charge < -0.3 is 5.32 Å². The van der Waals surface area contributed by atoms with E-state index in [4.69, 9.17) is 0 Å². The average Bonchev–Trinajstić information content (AvgIpc) is 2.46. The van der Waals surface area contributed by atoms with E-state index in [1.54, 1.807) is 0 Å². The number of benzene rings is 2. The molecule has 1 N–H and O–H groups in total. The van der Waals surface area contributed by atoms with E-state index in [1.165, 1.54) is 23.3 Å². The minimum Gasteiger partial charge on any atom is -0.306 e. The zero-order chi connectivity index (χ0) is 13.7. The van der Waals surface area contributed by atoms with Crippen LogP contribution in [0.1, 0.15) is 36.6 Å². The average molecular weight is 257 g/mol. The van der Waals surface area contributed by atoms with Gasteiger partial charge in [0.05, 0.1) is 0 Å². The van der Waals surface area contributed by atoms with Crippen molar-refractivity contribution in [3.8, 4) is 0 Å². The van der Waals surface area contributed by atoms with Gasteiger partial charge >= 0.3 is 0 Å². The summed E-state index contributed by atoms with van der Waals surface area (Å²) in [5.74, 6) is -0.189. The van der Waals surface area contributed by atoms with Crippen LogP contribution < -0.4 is 5.32 Å². The Bertz CT molecular complexity index is 502. The number of aryl methyl sites for hydroxylation is 1. The van der Waals surface area contributed by atoms with E-state index in [-0.39, 0.29) is 11.9 Å². The van der Waals surface area contributed by atoms with E-state index in [0.717, 1.165) is 18.5 Å². The molecule has 1 nitrogen and oxygen atoms in total. The molecule has 0 aliphatic heterocycles. The molecule has 0 saturated heterocycles. The molecule has 2 aromatic carbocycles. The highest BCUT2D eigenvalue weighted by molar-refractivity contribution is 5.23. The molecule has 2 heteroatoms. The predicted molar refractivity (Wildman–Crippen MR) is 77.5 cm³/mol. The third-order valence-corrected chi connectivity index (χ3v) is 3.41. The van der Waals surface area contributed by atoms with Gasteiger partial charge in [-0.2, -0.15) is 0 Å². The van der Waals surface area contributed by atoms with Crippen molar-refractivity contribution in [3.63, 3.8) is 0 Å². The zero-order valence-corrected chi connectivity index (χ0v) is 11.5. The molecule has 2 aromatic rings. The minimum absolute atomic E-state index is 0.189. The Morgan fingerprint density at radius 3 is 2.11 bits per heavy atom. The maximum Gasteiger partial charge on any atom is 0.123 e. The minimum atomic E-state index is -0.189. The van der Waals surface area contributed by atoms with Crippen LogP contribution in [-0.2, 0) is 13.0 Å². The summed E-state index contributed by atoms with van der Waals surface area (Å²) in [6.07, 6.45) is 1.07. The molecule has 0 spiro atoms. The summed E-state index contributed by atoms with van der Waals surface area (Å²) < 4.78 is 12.9. The number of hydrogen-bond acceptors (Lipinski definition) is 1. The molecule has 0 saturated carbocycles. The fraction of sp³-hybridized carbons (Fsp3) is 0.294. The van der Waals surface area contributed by atoms with Gasteiger partial charge in [0.25, 0.3) is 0 Å². The molecule has 1 atom stereocenters. The first-order valence-corrected chi connectivity index (χ1v) is 6.75. The standard InChI is InChI=1S/C17H20FN/c1-3-14-4-6-15(7-5-14)12-19-13(2)16-8-10-17(18)11-9-16/h4-11,13,19H,3,12H2,1-2H3. The molecular formula is C17H20FN. The smallest absolute Gasteiger partial charge is 0.123 e. The fourth-order valence-electron chi connectivity index (χ4n) is 2.03. The highest BCUT2D eigenvalue weighted by Crippen LogP contribution is 2.14. The Morgan fingerprint density at radius 2 is 1.53 bits per heavy atom. The molecule has 1 unspecified atom stereocenters. The first kappa shape index (κ1) is 13.8. The lowest BCUT2D eigenvalue weighted by molar-refractivity contribution is 0.571. The van der Waals surface area contributed by atoms with Crippen molar-refractivity contribution in [2.24, 2.45) is 0 Å². The number of hydrogen-bond donors (Lipinski definition) is 1. The first-order valence-electron chi connectivity index (χ1n) is 6.75. The zero-order valence-electron chi connectivity index (χ0n) is 11.5. The SMILES string of the molecule is CCc1ccc(CNC(C)c2ccc(F)cc2)cc1. The van der Waals surface area contributed by atoms with Gasteiger partial charge in [0.1, 0.15) is 5.82 Å². The molecule has 100 valence electrons. The molecule has 0 aliphatic carbocycles. The molecule has 0 amide bonds. The molecule has 2 rings (SSSR count). The van der Waals surface area contributed by atoms with Crippen molar-refractivity contribution >= 4 is 0 Å². The monoisotopic (exact) mass is 257 g/mol. The quantitative estimate of drug-likeness (QED) is 0.844. The van der Waals surface area contributed by atoms with Gasteiger partial charge in [-0.1, -0.05) is 43.3 Å². The maximum absolute atomic E-state index is 12.9. The Kier molecular flexibility index (Phi) is 4.69. The number of halogens is 1. The van der Waals surface area contributed by atoms with E-state index < -0.39 is 0 Å². The molecule has 0 heterocycles. The summed E-state index contributed by atoms with van der Waals surface area (Å²) in [6.45, 7) is 5.07. The van der Waals surface area contributed by atoms with E-state index in [9.17, 15) is 4.39 Å². The lowest BCUT2D eigenvalue weighted by Gasteiger charge is -2.14. The van der Waals surface area contributed by atoms with Crippen LogP contribution >= 0.6 is 0 Å². The summed E-state index contributed by atoms with van der Waals surface area (Å²) in [7, 11) is 0. The normalized spacial score (nSPS) is 12.4. The summed E-state index contributed by atoms with van der Waals surface area (Å²) in [5, 5.41) is 3.45. The maximum atomic E-state index is 12.9. The van der Waals surface area contributed by atoms with Gasteiger partial charge in [0.2, 0.25) is 0 Å². The summed E-state index contributed by atoms with van der Waals surface area (Å²) >= 11 is 0. The summed E-state index contributed by atoms with van der Waals surface area (Å²) in [6, 6.07) is 15.5. The van der Waals surface area contributed by atoms with Crippen molar-refractivity contribution in [2.75, 3.05) is 0 Å². The van der Waals surface area contributed by atoms with Gasteiger partial charge in [-0.05, 0) is 42.2 Å². The fourth-order valence-corrected chi connectivity index (χ4v) is 2.03. The number of nitrogens with one attached hydrogen (secondary N) is 1. The van der Waals surface area contributed by atoms with Crippen molar-refractivity contribution in [3.05, 3.63) is 71.0 Å². The molecule has 0 aliphatic rings. The summed E-state index contributed by atoms with van der Waals surface area (Å²) in [5.41, 5.74) is 3.73. The second-order valence-corrected chi connectivity index (χ2v) is 4.82. The van der Waals surface area contributed by atoms with E-state index in [0.29, 0.717) is 0 Å². The van der Waals surface area contributed by atoms with E-state index >= 15 is 0 Å². The van der Waals surface area contributed by atoms with Crippen molar-refractivity contribution in [1.82, 2.24) is 5.32 Å². The van der Waals surface area contributed by atoms with Gasteiger partial charge in [-0.3, -0.25) is 0 Å². The lowest BCUT2D eigenvalue weighted by Crippen LogP contribution is -2.18. The van der Waals surface area contributed by atoms with Crippen LogP contribution in [0.15, 0.2) is 48.5 Å². The van der Waals surface area contributed by atoms with E-state index in [2.05, 4.69) is 43.4 Å². The van der Waals surface area contributed by atoms with Crippen LogP contribution in [0.5, 0.6) is 0 Å². The van der Waals surface area contributed by atoms with Crippen LogP contribution in [-0.4, -0.2) is 0 Å². The van der Waals surface area contributed by atoms with Crippen LogP contribution in [0, 0.1) is 5.82 Å². The van der Waals surface area contributed by atoms with Gasteiger partial charge in [-0.15, -0.1) is 0 Å². The molecule has 0 fully saturated rings. The van der Waals surface area contributed by atoms with Crippen LogP contribution in [0.25, 0.3) is 0 Å². The second-order valence-electron chi connectivity index (χ2n) is 4.82. The summed E-state index contributed by atoms with van der Waals surface area (Å²) in [4.78, 5) is 0. The topological polar surface area (TPSA) is 12.0 Å². The van der Waals surface area contributed by atoms with Crippen molar-refractivity contribution in [2.45, 2.75) is 32.9 Å². The van der Waals surface area contributed by atoms with Gasteiger partial charge in [-0.25, -0.2) is 4.39 Å². The van der Waals surface area contributed by atoms with Gasteiger partial charge in [0.15, 0.2) is 0 Å². The molecule has 0 bridgehead atoms. The molecule has 0 radical (unpaired) electrons. The Morgan fingerprint density at radius 1 is 0.947 bits per heavy atom. The first-order chi connectivity index (χ1) is 9.19. The highest BCUT2D eigenvalue weighted by atomic mass is 19.1. The van der Waals surface area contributed by atoms with E-state index in [1.807, 2.05) is 12.1 Å². The molecule has 0 aromatic heterocycles. The van der Waals surface area contributed by atoms with Crippen molar-refractivity contribution in [1.29, 1.82) is 0 Å². The Labute approximate surface area is 114 Å².